The molecule has 19 heavy (non-hydrogen) atoms. The van der Waals surface area contributed by atoms with Gasteiger partial charge in [-0.15, -0.1) is 0 Å². The monoisotopic (exact) mass is 260 g/mol. The van der Waals surface area contributed by atoms with Crippen molar-refractivity contribution in [2.24, 2.45) is 0 Å². The number of rotatable bonds is 4. The van der Waals surface area contributed by atoms with Crippen LogP contribution in [0.1, 0.15) is 36.2 Å². The molecule has 0 aliphatic carbocycles. The Bertz CT molecular complexity index is 436. The average molecular weight is 260 g/mol. The summed E-state index contributed by atoms with van der Waals surface area (Å²) in [4.78, 5) is 15.8. The zero-order chi connectivity index (χ0) is 13.8. The number of aryl methyl sites for hydroxylation is 1. The molecule has 0 bridgehead atoms. The fraction of sp³-hybridized carbons (Fsp3) is 0.562. The highest BCUT2D eigenvalue weighted by Crippen LogP contribution is 2.20. The van der Waals surface area contributed by atoms with Crippen LogP contribution < -0.4 is 4.90 Å². The Morgan fingerprint density at radius 3 is 2.47 bits per heavy atom. The van der Waals surface area contributed by atoms with Crippen LogP contribution in [0, 0.1) is 6.92 Å². The van der Waals surface area contributed by atoms with Crippen molar-refractivity contribution >= 4 is 12.0 Å². The van der Waals surface area contributed by atoms with Crippen molar-refractivity contribution in [3.63, 3.8) is 0 Å². The number of anilines is 1. The van der Waals surface area contributed by atoms with Gasteiger partial charge in [0.15, 0.2) is 0 Å². The summed E-state index contributed by atoms with van der Waals surface area (Å²) < 4.78 is 0. The number of nitrogens with zero attached hydrogens (tertiary/aromatic N) is 2. The topological polar surface area (TPSA) is 23.6 Å². The third-order valence-electron chi connectivity index (χ3n) is 4.27. The lowest BCUT2D eigenvalue weighted by Crippen LogP contribution is -2.49. The molecule has 0 unspecified atom stereocenters. The second kappa shape index (κ2) is 6.20. The predicted molar refractivity (Wildman–Crippen MR) is 80.1 cm³/mol. The van der Waals surface area contributed by atoms with Gasteiger partial charge in [-0.25, -0.2) is 0 Å². The summed E-state index contributed by atoms with van der Waals surface area (Å²) in [7, 11) is 0. The first-order valence-corrected chi connectivity index (χ1v) is 7.20. The Balaban J connectivity index is 2.01. The van der Waals surface area contributed by atoms with E-state index in [4.69, 9.17) is 0 Å². The molecule has 1 aromatic carbocycles. The number of benzene rings is 1. The molecule has 1 atom stereocenters. The molecule has 3 heteroatoms. The summed E-state index contributed by atoms with van der Waals surface area (Å²) >= 11 is 0. The van der Waals surface area contributed by atoms with Crippen LogP contribution in [0.2, 0.25) is 0 Å². The SMILES string of the molecule is CC[C@@H](C)N1CCN(c2ccc(C=O)c(C)c2)CC1. The van der Waals surface area contributed by atoms with Gasteiger partial charge in [0.25, 0.3) is 0 Å². The lowest BCUT2D eigenvalue weighted by Gasteiger charge is -2.39. The number of aldehydes is 1. The van der Waals surface area contributed by atoms with Gasteiger partial charge in [-0.1, -0.05) is 6.92 Å². The maximum absolute atomic E-state index is 10.8. The number of hydrogen-bond acceptors (Lipinski definition) is 3. The van der Waals surface area contributed by atoms with Crippen LogP contribution in [0.4, 0.5) is 5.69 Å². The number of carbonyl (C=O) groups excluding carboxylic acids is 1. The third-order valence-corrected chi connectivity index (χ3v) is 4.27. The van der Waals surface area contributed by atoms with E-state index in [-0.39, 0.29) is 0 Å². The van der Waals surface area contributed by atoms with E-state index in [0.29, 0.717) is 6.04 Å². The molecule has 1 aromatic rings. The summed E-state index contributed by atoms with van der Waals surface area (Å²) in [5, 5.41) is 0. The van der Waals surface area contributed by atoms with E-state index < -0.39 is 0 Å². The van der Waals surface area contributed by atoms with E-state index in [0.717, 1.165) is 43.6 Å². The maximum atomic E-state index is 10.8. The van der Waals surface area contributed by atoms with Gasteiger partial charge in [-0.3, -0.25) is 9.69 Å². The van der Waals surface area contributed by atoms with Gasteiger partial charge in [0, 0.05) is 43.5 Å². The molecule has 1 saturated heterocycles. The van der Waals surface area contributed by atoms with Gasteiger partial charge in [-0.2, -0.15) is 0 Å². The summed E-state index contributed by atoms with van der Waals surface area (Å²) in [5.74, 6) is 0. The van der Waals surface area contributed by atoms with E-state index >= 15 is 0 Å². The molecule has 0 aromatic heterocycles. The van der Waals surface area contributed by atoms with Crippen molar-refractivity contribution in [1.29, 1.82) is 0 Å². The molecule has 0 amide bonds. The molecule has 0 spiro atoms. The summed E-state index contributed by atoms with van der Waals surface area (Å²) in [5.41, 5.74) is 3.10. The minimum Gasteiger partial charge on any atom is -0.369 e. The molecule has 1 heterocycles. The smallest absolute Gasteiger partial charge is 0.150 e. The molecule has 0 saturated carbocycles. The van der Waals surface area contributed by atoms with Crippen LogP contribution in [0.15, 0.2) is 18.2 Å². The zero-order valence-electron chi connectivity index (χ0n) is 12.2. The zero-order valence-corrected chi connectivity index (χ0v) is 12.2. The molecule has 2 rings (SSSR count). The van der Waals surface area contributed by atoms with Gasteiger partial charge in [0.1, 0.15) is 6.29 Å². The van der Waals surface area contributed by atoms with E-state index in [1.54, 1.807) is 0 Å². The highest BCUT2D eigenvalue weighted by atomic mass is 16.1. The van der Waals surface area contributed by atoms with Crippen molar-refractivity contribution in [1.82, 2.24) is 4.90 Å². The molecule has 104 valence electrons. The molecule has 0 radical (unpaired) electrons. The second-order valence-electron chi connectivity index (χ2n) is 5.44. The van der Waals surface area contributed by atoms with E-state index in [9.17, 15) is 4.79 Å². The standard InChI is InChI=1S/C16H24N2O/c1-4-14(3)17-7-9-18(10-8-17)16-6-5-15(12-19)13(2)11-16/h5-6,11-12,14H,4,7-10H2,1-3H3/t14-/m1/s1. The van der Waals surface area contributed by atoms with Crippen molar-refractivity contribution < 1.29 is 4.79 Å². The Kier molecular flexibility index (Phi) is 4.59. The molecule has 1 fully saturated rings. The van der Waals surface area contributed by atoms with Gasteiger partial charge >= 0.3 is 0 Å². The largest absolute Gasteiger partial charge is 0.369 e. The number of hydrogen-bond donors (Lipinski definition) is 0. The normalized spacial score (nSPS) is 18.4. The predicted octanol–water partition coefficient (Wildman–Crippen LogP) is 2.73. The van der Waals surface area contributed by atoms with Gasteiger partial charge < -0.3 is 4.90 Å². The summed E-state index contributed by atoms with van der Waals surface area (Å²) in [6.45, 7) is 11.0. The fourth-order valence-electron chi connectivity index (χ4n) is 2.67. The van der Waals surface area contributed by atoms with Crippen LogP contribution >= 0.6 is 0 Å². The Morgan fingerprint density at radius 1 is 1.26 bits per heavy atom. The van der Waals surface area contributed by atoms with Gasteiger partial charge in [-0.05, 0) is 44.0 Å². The fourth-order valence-corrected chi connectivity index (χ4v) is 2.67. The minimum absolute atomic E-state index is 0.682. The molecular weight excluding hydrogens is 236 g/mol. The molecular formula is C16H24N2O. The van der Waals surface area contributed by atoms with Crippen molar-refractivity contribution in [3.05, 3.63) is 29.3 Å². The van der Waals surface area contributed by atoms with Crippen molar-refractivity contribution in [2.75, 3.05) is 31.1 Å². The maximum Gasteiger partial charge on any atom is 0.150 e. The number of piperazine rings is 1. The van der Waals surface area contributed by atoms with E-state index in [1.807, 2.05) is 13.0 Å². The quantitative estimate of drug-likeness (QED) is 0.778. The van der Waals surface area contributed by atoms with Crippen LogP contribution in [0.5, 0.6) is 0 Å². The Hall–Kier alpha value is -1.35. The van der Waals surface area contributed by atoms with E-state index in [2.05, 4.69) is 35.8 Å². The van der Waals surface area contributed by atoms with Crippen molar-refractivity contribution in [2.45, 2.75) is 33.2 Å². The van der Waals surface area contributed by atoms with Crippen molar-refractivity contribution in [3.8, 4) is 0 Å². The second-order valence-corrected chi connectivity index (χ2v) is 5.44. The molecule has 1 aliphatic heterocycles. The van der Waals surface area contributed by atoms with Gasteiger partial charge in [0.05, 0.1) is 0 Å². The summed E-state index contributed by atoms with van der Waals surface area (Å²) in [6.07, 6.45) is 2.15. The van der Waals surface area contributed by atoms with Crippen LogP contribution in [-0.4, -0.2) is 43.4 Å². The van der Waals surface area contributed by atoms with Gasteiger partial charge in [0.2, 0.25) is 0 Å². The molecule has 0 N–H and O–H groups in total. The van der Waals surface area contributed by atoms with E-state index in [1.165, 1.54) is 12.1 Å². The van der Waals surface area contributed by atoms with Crippen LogP contribution in [0.25, 0.3) is 0 Å². The highest BCUT2D eigenvalue weighted by Gasteiger charge is 2.20. The van der Waals surface area contributed by atoms with Crippen LogP contribution in [0.3, 0.4) is 0 Å². The Labute approximate surface area is 116 Å². The van der Waals surface area contributed by atoms with Crippen LogP contribution in [-0.2, 0) is 0 Å². The first kappa shape index (κ1) is 14.1. The minimum atomic E-state index is 0.682. The highest BCUT2D eigenvalue weighted by molar-refractivity contribution is 5.78. The molecule has 1 aliphatic rings. The lowest BCUT2D eigenvalue weighted by atomic mass is 10.1. The summed E-state index contributed by atoms with van der Waals surface area (Å²) in [6, 6.07) is 6.80. The third kappa shape index (κ3) is 3.16. The molecule has 3 nitrogen and oxygen atoms in total. The first-order valence-electron chi connectivity index (χ1n) is 7.20. The Morgan fingerprint density at radius 2 is 1.95 bits per heavy atom. The average Bonchev–Trinajstić information content (AvgIpc) is 2.46. The first-order chi connectivity index (χ1) is 9.15. The lowest BCUT2D eigenvalue weighted by molar-refractivity contribution is 0.112. The number of carbonyl (C=O) groups is 1.